The van der Waals surface area contributed by atoms with Crippen molar-refractivity contribution in [2.75, 3.05) is 26.2 Å². The Morgan fingerprint density at radius 3 is 2.62 bits per heavy atom. The molecule has 0 aliphatic carbocycles. The summed E-state index contributed by atoms with van der Waals surface area (Å²) in [7, 11) is -3.81. The van der Waals surface area contributed by atoms with E-state index in [-0.39, 0.29) is 28.9 Å². The molecule has 4 rings (SSSR count). The fourth-order valence-corrected chi connectivity index (χ4v) is 5.95. The molecule has 8 nitrogen and oxygen atoms in total. The molecule has 1 atom stereocenters. The highest BCUT2D eigenvalue weighted by Gasteiger charge is 2.34. The second-order valence-electron chi connectivity index (χ2n) is 8.26. The number of aromatic amines is 1. The van der Waals surface area contributed by atoms with Gasteiger partial charge in [0.25, 0.3) is 5.91 Å². The normalized spacial score (nSPS) is 19.8. The maximum atomic E-state index is 13.2. The number of hydrogen-bond donors (Lipinski definition) is 2. The Hall–Kier alpha value is -2.36. The summed E-state index contributed by atoms with van der Waals surface area (Å²) in [6.45, 7) is 2.13. The van der Waals surface area contributed by atoms with Crippen LogP contribution in [-0.2, 0) is 21.4 Å². The molecule has 1 aromatic heterocycles. The number of likely N-dealkylation sites (tertiary alicyclic amines) is 1. The molecule has 172 valence electrons. The SMILES string of the molecule is O=C(NCc1ccccc1Cl)C1CCCN(S(=O)(=O)c2c[nH]c(C(=O)N3CCCC3)c2)C1. The Labute approximate surface area is 193 Å². The van der Waals surface area contributed by atoms with E-state index in [1.165, 1.54) is 16.6 Å². The van der Waals surface area contributed by atoms with Crippen LogP contribution in [0.5, 0.6) is 0 Å². The Balaban J connectivity index is 1.40. The average molecular weight is 479 g/mol. The Bertz CT molecular complexity index is 1090. The smallest absolute Gasteiger partial charge is 0.270 e. The number of amides is 2. The zero-order chi connectivity index (χ0) is 22.7. The van der Waals surface area contributed by atoms with Crippen LogP contribution in [0, 0.1) is 5.92 Å². The molecule has 32 heavy (non-hydrogen) atoms. The van der Waals surface area contributed by atoms with Crippen LogP contribution in [-0.4, -0.2) is 60.6 Å². The molecule has 2 saturated heterocycles. The van der Waals surface area contributed by atoms with Crippen LogP contribution in [0.15, 0.2) is 41.4 Å². The standard InChI is InChI=1S/C22H27ClN4O4S/c23-19-8-2-1-6-16(19)13-25-21(28)17-7-5-11-27(15-17)32(30,31)18-12-20(24-14-18)22(29)26-9-3-4-10-26/h1-2,6,8,12,14,17,24H,3-5,7,9-11,13,15H2,(H,25,28). The van der Waals surface area contributed by atoms with E-state index < -0.39 is 15.9 Å². The number of benzene rings is 1. The molecule has 1 aromatic carbocycles. The van der Waals surface area contributed by atoms with Gasteiger partial charge in [0.15, 0.2) is 0 Å². The monoisotopic (exact) mass is 478 g/mol. The molecule has 2 aliphatic rings. The summed E-state index contributed by atoms with van der Waals surface area (Å²) in [6, 6.07) is 8.67. The van der Waals surface area contributed by atoms with Crippen LogP contribution in [0.1, 0.15) is 41.7 Å². The predicted molar refractivity (Wildman–Crippen MR) is 121 cm³/mol. The van der Waals surface area contributed by atoms with Crippen molar-refractivity contribution < 1.29 is 18.0 Å². The lowest BCUT2D eigenvalue weighted by molar-refractivity contribution is -0.126. The summed E-state index contributed by atoms with van der Waals surface area (Å²) >= 11 is 6.14. The number of nitrogens with one attached hydrogen (secondary N) is 2. The van der Waals surface area contributed by atoms with Crippen molar-refractivity contribution >= 4 is 33.4 Å². The van der Waals surface area contributed by atoms with Gasteiger partial charge in [-0.15, -0.1) is 0 Å². The molecule has 0 radical (unpaired) electrons. The van der Waals surface area contributed by atoms with Crippen molar-refractivity contribution in [3.05, 3.63) is 52.8 Å². The second kappa shape index (κ2) is 9.64. The zero-order valence-corrected chi connectivity index (χ0v) is 19.3. The highest BCUT2D eigenvalue weighted by molar-refractivity contribution is 7.89. The van der Waals surface area contributed by atoms with Crippen LogP contribution in [0.25, 0.3) is 0 Å². The number of hydrogen-bond acceptors (Lipinski definition) is 4. The minimum Gasteiger partial charge on any atom is -0.356 e. The Morgan fingerprint density at radius 1 is 1.12 bits per heavy atom. The van der Waals surface area contributed by atoms with Gasteiger partial charge < -0.3 is 15.2 Å². The molecule has 0 bridgehead atoms. The van der Waals surface area contributed by atoms with Crippen LogP contribution in [0.2, 0.25) is 5.02 Å². The molecular formula is C22H27ClN4O4S. The average Bonchev–Trinajstić information content (AvgIpc) is 3.51. The number of sulfonamides is 1. The first-order chi connectivity index (χ1) is 15.4. The van der Waals surface area contributed by atoms with Crippen LogP contribution in [0.4, 0.5) is 0 Å². The first kappa shape index (κ1) is 22.8. The van der Waals surface area contributed by atoms with Gasteiger partial charge in [-0.3, -0.25) is 9.59 Å². The van der Waals surface area contributed by atoms with Crippen LogP contribution < -0.4 is 5.32 Å². The largest absolute Gasteiger partial charge is 0.356 e. The van der Waals surface area contributed by atoms with Crippen LogP contribution >= 0.6 is 11.6 Å². The quantitative estimate of drug-likeness (QED) is 0.666. The fourth-order valence-electron chi connectivity index (χ4n) is 4.23. The molecular weight excluding hydrogens is 452 g/mol. The first-order valence-electron chi connectivity index (χ1n) is 10.9. The van der Waals surface area contributed by atoms with Gasteiger partial charge in [-0.25, -0.2) is 8.42 Å². The van der Waals surface area contributed by atoms with E-state index in [9.17, 15) is 18.0 Å². The van der Waals surface area contributed by atoms with Crippen molar-refractivity contribution in [2.24, 2.45) is 5.92 Å². The van der Waals surface area contributed by atoms with E-state index in [4.69, 9.17) is 11.6 Å². The molecule has 0 spiro atoms. The van der Waals surface area contributed by atoms with Gasteiger partial charge in [0.2, 0.25) is 15.9 Å². The van der Waals surface area contributed by atoms with Crippen molar-refractivity contribution in [3.63, 3.8) is 0 Å². The first-order valence-corrected chi connectivity index (χ1v) is 12.7. The summed E-state index contributed by atoms with van der Waals surface area (Å²) in [5.74, 6) is -0.811. The van der Waals surface area contributed by atoms with E-state index in [1.807, 2.05) is 18.2 Å². The van der Waals surface area contributed by atoms with Crippen molar-refractivity contribution in [3.8, 4) is 0 Å². The summed E-state index contributed by atoms with van der Waals surface area (Å²) in [5.41, 5.74) is 1.09. The summed E-state index contributed by atoms with van der Waals surface area (Å²) in [4.78, 5) is 29.8. The second-order valence-corrected chi connectivity index (χ2v) is 10.6. The number of aromatic nitrogens is 1. The van der Waals surface area contributed by atoms with Crippen molar-refractivity contribution in [1.29, 1.82) is 0 Å². The highest BCUT2D eigenvalue weighted by atomic mass is 35.5. The van der Waals surface area contributed by atoms with E-state index in [0.717, 1.165) is 18.4 Å². The van der Waals surface area contributed by atoms with Crippen molar-refractivity contribution in [1.82, 2.24) is 19.5 Å². The minimum absolute atomic E-state index is 0.0529. The molecule has 2 aromatic rings. The van der Waals surface area contributed by atoms with Gasteiger partial charge in [0.1, 0.15) is 10.6 Å². The molecule has 2 amide bonds. The maximum Gasteiger partial charge on any atom is 0.270 e. The lowest BCUT2D eigenvalue weighted by atomic mass is 9.99. The third-order valence-corrected chi connectivity index (χ3v) is 8.30. The summed E-state index contributed by atoms with van der Waals surface area (Å²) in [6.07, 6.45) is 4.50. The lowest BCUT2D eigenvalue weighted by Crippen LogP contribution is -2.45. The van der Waals surface area contributed by atoms with Gasteiger partial charge in [-0.1, -0.05) is 29.8 Å². The molecule has 1 unspecified atom stereocenters. The number of halogens is 1. The van der Waals surface area contributed by atoms with E-state index in [1.54, 1.807) is 11.0 Å². The molecule has 2 N–H and O–H groups in total. The van der Waals surface area contributed by atoms with Gasteiger partial charge >= 0.3 is 0 Å². The fraction of sp³-hybridized carbons (Fsp3) is 0.455. The van der Waals surface area contributed by atoms with Crippen LogP contribution in [0.3, 0.4) is 0 Å². The van der Waals surface area contributed by atoms with Gasteiger partial charge in [-0.05, 0) is 43.4 Å². The maximum absolute atomic E-state index is 13.2. The van der Waals surface area contributed by atoms with Gasteiger partial charge in [0.05, 0.1) is 5.92 Å². The zero-order valence-electron chi connectivity index (χ0n) is 17.7. The molecule has 3 heterocycles. The highest BCUT2D eigenvalue weighted by Crippen LogP contribution is 2.25. The Kier molecular flexibility index (Phi) is 6.88. The van der Waals surface area contributed by atoms with Gasteiger partial charge in [-0.2, -0.15) is 4.31 Å². The number of carbonyl (C=O) groups excluding carboxylic acids is 2. The third kappa shape index (κ3) is 4.84. The number of rotatable bonds is 6. The topological polar surface area (TPSA) is 103 Å². The molecule has 0 saturated carbocycles. The Morgan fingerprint density at radius 2 is 1.88 bits per heavy atom. The summed E-state index contributed by atoms with van der Waals surface area (Å²) in [5, 5.41) is 3.45. The number of piperidine rings is 1. The molecule has 2 aliphatic heterocycles. The number of carbonyl (C=O) groups is 2. The molecule has 10 heteroatoms. The number of H-pyrrole nitrogens is 1. The number of nitrogens with zero attached hydrogens (tertiary/aromatic N) is 2. The lowest BCUT2D eigenvalue weighted by Gasteiger charge is -2.31. The van der Waals surface area contributed by atoms with Crippen molar-refractivity contribution in [2.45, 2.75) is 37.1 Å². The predicted octanol–water partition coefficient (Wildman–Crippen LogP) is 2.62. The minimum atomic E-state index is -3.81. The van der Waals surface area contributed by atoms with Gasteiger partial charge in [0, 0.05) is 43.9 Å². The van der Waals surface area contributed by atoms with E-state index in [0.29, 0.717) is 44.0 Å². The van der Waals surface area contributed by atoms with E-state index in [2.05, 4.69) is 10.3 Å². The van der Waals surface area contributed by atoms with E-state index >= 15 is 0 Å². The summed E-state index contributed by atoms with van der Waals surface area (Å²) < 4.78 is 27.7. The third-order valence-electron chi connectivity index (χ3n) is 6.08. The molecule has 2 fully saturated rings.